The molecule has 4 heteroatoms. The highest BCUT2D eigenvalue weighted by Gasteiger charge is 2.02. The molecule has 2 aromatic carbocycles. The van der Waals surface area contributed by atoms with Crippen molar-refractivity contribution in [3.8, 4) is 0 Å². The third kappa shape index (κ3) is 3.00. The highest BCUT2D eigenvalue weighted by molar-refractivity contribution is 6.06. The van der Waals surface area contributed by atoms with E-state index in [0.717, 1.165) is 16.6 Å². The monoisotopic (exact) mass is 278 g/mol. The largest absolute Gasteiger partial charge is 0.289 e. The van der Waals surface area contributed by atoms with E-state index in [0.29, 0.717) is 5.56 Å². The topological polar surface area (TPSA) is 42.9 Å². The van der Waals surface area contributed by atoms with Gasteiger partial charge in [0.2, 0.25) is 0 Å². The Morgan fingerprint density at radius 2 is 1.67 bits per heavy atom. The predicted octanol–water partition coefficient (Wildman–Crippen LogP) is 3.67. The van der Waals surface area contributed by atoms with Crippen LogP contribution in [0, 0.1) is 5.82 Å². The number of benzene rings is 2. The van der Waals surface area contributed by atoms with Crippen LogP contribution in [0.3, 0.4) is 0 Å². The molecule has 0 saturated carbocycles. The number of hydrogen-bond acceptors (Lipinski definition) is 3. The number of allylic oxidation sites excluding steroid dienone is 1. The van der Waals surface area contributed by atoms with Crippen LogP contribution in [-0.2, 0) is 0 Å². The molecule has 0 bridgehead atoms. The van der Waals surface area contributed by atoms with Gasteiger partial charge in [0.25, 0.3) is 0 Å². The van der Waals surface area contributed by atoms with Crippen LogP contribution in [0.25, 0.3) is 17.1 Å². The maximum Gasteiger partial charge on any atom is 0.185 e. The number of fused-ring (bicyclic) bond motifs is 1. The molecule has 1 heterocycles. The highest BCUT2D eigenvalue weighted by Crippen LogP contribution is 2.13. The summed E-state index contributed by atoms with van der Waals surface area (Å²) < 4.78 is 12.8. The van der Waals surface area contributed by atoms with E-state index in [9.17, 15) is 9.18 Å². The quantitative estimate of drug-likeness (QED) is 0.542. The van der Waals surface area contributed by atoms with Gasteiger partial charge in [0.1, 0.15) is 5.82 Å². The fourth-order valence-corrected chi connectivity index (χ4v) is 1.97. The highest BCUT2D eigenvalue weighted by atomic mass is 19.1. The van der Waals surface area contributed by atoms with Crippen LogP contribution in [0.15, 0.2) is 60.9 Å². The van der Waals surface area contributed by atoms with Crippen molar-refractivity contribution in [1.29, 1.82) is 0 Å². The molecular weight excluding hydrogens is 267 g/mol. The summed E-state index contributed by atoms with van der Waals surface area (Å²) in [4.78, 5) is 20.4. The maximum atomic E-state index is 12.8. The number of rotatable bonds is 3. The SMILES string of the molecule is O=C(/C=C/c1ccc2nccnc2c1)c1ccc(F)cc1. The van der Waals surface area contributed by atoms with Gasteiger partial charge in [-0.15, -0.1) is 0 Å². The van der Waals surface area contributed by atoms with Crippen LogP contribution in [0.2, 0.25) is 0 Å². The van der Waals surface area contributed by atoms with Gasteiger partial charge in [-0.25, -0.2) is 4.39 Å². The molecule has 0 radical (unpaired) electrons. The van der Waals surface area contributed by atoms with Crippen molar-refractivity contribution in [2.75, 3.05) is 0 Å². The standard InChI is InChI=1S/C17H11FN2O/c18-14-5-3-13(4-6-14)17(21)8-2-12-1-7-15-16(11-12)20-10-9-19-15/h1-11H/b8-2+. The smallest absolute Gasteiger partial charge is 0.185 e. The molecule has 0 N–H and O–H groups in total. The van der Waals surface area contributed by atoms with E-state index in [-0.39, 0.29) is 11.6 Å². The summed E-state index contributed by atoms with van der Waals surface area (Å²) in [5.41, 5.74) is 2.89. The molecule has 0 spiro atoms. The van der Waals surface area contributed by atoms with Gasteiger partial charge in [0.15, 0.2) is 5.78 Å². The molecular formula is C17H11FN2O. The van der Waals surface area contributed by atoms with Gasteiger partial charge in [-0.1, -0.05) is 12.1 Å². The summed E-state index contributed by atoms with van der Waals surface area (Å²) in [7, 11) is 0. The zero-order valence-corrected chi connectivity index (χ0v) is 11.0. The van der Waals surface area contributed by atoms with Crippen molar-refractivity contribution in [1.82, 2.24) is 9.97 Å². The maximum absolute atomic E-state index is 12.8. The predicted molar refractivity (Wildman–Crippen MR) is 79.3 cm³/mol. The lowest BCUT2D eigenvalue weighted by Crippen LogP contribution is -1.93. The average Bonchev–Trinajstić information content (AvgIpc) is 2.53. The normalized spacial score (nSPS) is 11.1. The van der Waals surface area contributed by atoms with Crippen LogP contribution in [-0.4, -0.2) is 15.8 Å². The molecule has 0 saturated heterocycles. The summed E-state index contributed by atoms with van der Waals surface area (Å²) >= 11 is 0. The molecule has 0 atom stereocenters. The Kier molecular flexibility index (Phi) is 3.51. The van der Waals surface area contributed by atoms with Crippen molar-refractivity contribution in [2.45, 2.75) is 0 Å². The lowest BCUT2D eigenvalue weighted by Gasteiger charge is -1.98. The Bertz CT molecular complexity index is 826. The van der Waals surface area contributed by atoms with Gasteiger partial charge in [0.05, 0.1) is 11.0 Å². The third-order valence-electron chi connectivity index (χ3n) is 3.05. The number of carbonyl (C=O) groups is 1. The number of ketones is 1. The van der Waals surface area contributed by atoms with Crippen molar-refractivity contribution >= 4 is 22.9 Å². The van der Waals surface area contributed by atoms with Gasteiger partial charge in [-0.2, -0.15) is 0 Å². The number of halogens is 1. The van der Waals surface area contributed by atoms with E-state index in [2.05, 4.69) is 9.97 Å². The molecule has 0 aliphatic rings. The third-order valence-corrected chi connectivity index (χ3v) is 3.05. The van der Waals surface area contributed by atoms with Crippen molar-refractivity contribution in [3.63, 3.8) is 0 Å². The Labute approximate surface area is 120 Å². The fraction of sp³-hybridized carbons (Fsp3) is 0. The molecule has 102 valence electrons. The Morgan fingerprint density at radius 3 is 2.43 bits per heavy atom. The number of aromatic nitrogens is 2. The molecule has 0 unspecified atom stereocenters. The molecule has 3 rings (SSSR count). The van der Waals surface area contributed by atoms with Crippen LogP contribution >= 0.6 is 0 Å². The Hall–Kier alpha value is -2.88. The lowest BCUT2D eigenvalue weighted by atomic mass is 10.1. The van der Waals surface area contributed by atoms with Gasteiger partial charge >= 0.3 is 0 Å². The van der Waals surface area contributed by atoms with Crippen LogP contribution in [0.5, 0.6) is 0 Å². The second kappa shape index (κ2) is 5.63. The van der Waals surface area contributed by atoms with Crippen LogP contribution in [0.1, 0.15) is 15.9 Å². The van der Waals surface area contributed by atoms with Gasteiger partial charge < -0.3 is 0 Å². The zero-order valence-electron chi connectivity index (χ0n) is 11.0. The molecule has 0 aliphatic carbocycles. The van der Waals surface area contributed by atoms with Crippen molar-refractivity contribution < 1.29 is 9.18 Å². The van der Waals surface area contributed by atoms with E-state index in [1.54, 1.807) is 18.5 Å². The van der Waals surface area contributed by atoms with Crippen molar-refractivity contribution in [2.24, 2.45) is 0 Å². The molecule has 3 nitrogen and oxygen atoms in total. The van der Waals surface area contributed by atoms with Crippen LogP contribution in [0.4, 0.5) is 4.39 Å². The minimum atomic E-state index is -0.358. The van der Waals surface area contributed by atoms with E-state index in [1.807, 2.05) is 18.2 Å². The average molecular weight is 278 g/mol. The molecule has 3 aromatic rings. The lowest BCUT2D eigenvalue weighted by molar-refractivity contribution is 0.104. The second-order valence-corrected chi connectivity index (χ2v) is 4.51. The Morgan fingerprint density at radius 1 is 0.952 bits per heavy atom. The minimum absolute atomic E-state index is 0.172. The first kappa shape index (κ1) is 13.1. The van der Waals surface area contributed by atoms with Gasteiger partial charge in [0, 0.05) is 18.0 Å². The first-order valence-electron chi connectivity index (χ1n) is 6.41. The van der Waals surface area contributed by atoms with Gasteiger partial charge in [-0.3, -0.25) is 14.8 Å². The molecule has 0 aliphatic heterocycles. The molecule has 0 amide bonds. The Balaban J connectivity index is 1.83. The summed E-state index contributed by atoms with van der Waals surface area (Å²) in [5.74, 6) is -0.530. The fourth-order valence-electron chi connectivity index (χ4n) is 1.97. The molecule has 0 fully saturated rings. The van der Waals surface area contributed by atoms with E-state index in [1.165, 1.54) is 30.3 Å². The summed E-state index contributed by atoms with van der Waals surface area (Å²) in [6.07, 6.45) is 6.43. The van der Waals surface area contributed by atoms with Crippen molar-refractivity contribution in [3.05, 3.63) is 77.9 Å². The van der Waals surface area contributed by atoms with E-state index < -0.39 is 0 Å². The summed E-state index contributed by atoms with van der Waals surface area (Å²) in [6.45, 7) is 0. The summed E-state index contributed by atoms with van der Waals surface area (Å²) in [5, 5.41) is 0. The first-order valence-corrected chi connectivity index (χ1v) is 6.41. The second-order valence-electron chi connectivity index (χ2n) is 4.51. The van der Waals surface area contributed by atoms with E-state index in [4.69, 9.17) is 0 Å². The number of hydrogen-bond donors (Lipinski definition) is 0. The zero-order chi connectivity index (χ0) is 14.7. The van der Waals surface area contributed by atoms with E-state index >= 15 is 0 Å². The first-order chi connectivity index (χ1) is 10.2. The number of carbonyl (C=O) groups excluding carboxylic acids is 1. The van der Waals surface area contributed by atoms with Crippen LogP contribution < -0.4 is 0 Å². The number of nitrogens with zero attached hydrogens (tertiary/aromatic N) is 2. The minimum Gasteiger partial charge on any atom is -0.289 e. The molecule has 21 heavy (non-hydrogen) atoms. The summed E-state index contributed by atoms with van der Waals surface area (Å²) in [6, 6.07) is 11.0. The van der Waals surface area contributed by atoms with Gasteiger partial charge in [-0.05, 0) is 48.0 Å². The molecule has 1 aromatic heterocycles.